The zero-order chi connectivity index (χ0) is 18.6. The highest BCUT2D eigenvalue weighted by Crippen LogP contribution is 2.32. The second-order valence-electron chi connectivity index (χ2n) is 6.29. The van der Waals surface area contributed by atoms with Crippen molar-refractivity contribution in [1.82, 2.24) is 5.32 Å². The van der Waals surface area contributed by atoms with Crippen LogP contribution in [0.25, 0.3) is 0 Å². The molecule has 1 saturated carbocycles. The maximum atomic E-state index is 12.7. The minimum Gasteiger partial charge on any atom is -0.445 e. The first-order chi connectivity index (χ1) is 12.4. The normalized spacial score (nSPS) is 19.3. The number of nitrogens with one attached hydrogen (secondary N) is 2. The van der Waals surface area contributed by atoms with Gasteiger partial charge in [-0.1, -0.05) is 36.4 Å². The minimum atomic E-state index is -4.36. The molecule has 0 bridgehead atoms. The number of hydrogen-bond acceptors (Lipinski definition) is 3. The third-order valence-electron chi connectivity index (χ3n) is 4.23. The summed E-state index contributed by atoms with van der Waals surface area (Å²) in [6.07, 6.45) is -3.58. The minimum absolute atomic E-state index is 0.0258. The van der Waals surface area contributed by atoms with Gasteiger partial charge in [0.25, 0.3) is 0 Å². The Labute approximate surface area is 149 Å². The second kappa shape index (κ2) is 7.68. The molecule has 0 radical (unpaired) electrons. The van der Waals surface area contributed by atoms with Gasteiger partial charge in [-0.2, -0.15) is 13.2 Å². The molecule has 26 heavy (non-hydrogen) atoms. The Hall–Kier alpha value is -2.70. The predicted molar refractivity (Wildman–Crippen MR) is 91.6 cm³/mol. The van der Waals surface area contributed by atoms with E-state index < -0.39 is 17.8 Å². The first kappa shape index (κ1) is 18.1. The Morgan fingerprint density at radius 2 is 1.77 bits per heavy atom. The van der Waals surface area contributed by atoms with Crippen LogP contribution < -0.4 is 10.6 Å². The molecule has 2 aromatic rings. The summed E-state index contributed by atoms with van der Waals surface area (Å²) in [6.45, 7) is 0.200. The quantitative estimate of drug-likeness (QED) is 0.817. The SMILES string of the molecule is O=C(NC1CC(Nc2cccc(C(F)(F)F)c2)C1)OCc1ccccc1. The predicted octanol–water partition coefficient (Wildman–Crippen LogP) is 4.57. The molecule has 7 heteroatoms. The van der Waals surface area contributed by atoms with E-state index in [1.807, 2.05) is 30.3 Å². The van der Waals surface area contributed by atoms with E-state index in [0.29, 0.717) is 18.5 Å². The fourth-order valence-electron chi connectivity index (χ4n) is 2.81. The van der Waals surface area contributed by atoms with Gasteiger partial charge in [0.1, 0.15) is 6.61 Å². The molecule has 1 amide bonds. The smallest absolute Gasteiger partial charge is 0.416 e. The van der Waals surface area contributed by atoms with Gasteiger partial charge < -0.3 is 15.4 Å². The zero-order valence-electron chi connectivity index (χ0n) is 13.9. The van der Waals surface area contributed by atoms with Crippen LogP contribution in [0.5, 0.6) is 0 Å². The fraction of sp³-hybridized carbons (Fsp3) is 0.316. The maximum absolute atomic E-state index is 12.7. The van der Waals surface area contributed by atoms with Gasteiger partial charge in [0.2, 0.25) is 0 Å². The molecule has 0 aliphatic heterocycles. The third kappa shape index (κ3) is 4.91. The topological polar surface area (TPSA) is 50.4 Å². The molecule has 2 aromatic carbocycles. The molecule has 1 aliphatic carbocycles. The van der Waals surface area contributed by atoms with Gasteiger partial charge >= 0.3 is 12.3 Å². The van der Waals surface area contributed by atoms with Gasteiger partial charge in [0.05, 0.1) is 5.56 Å². The zero-order valence-corrected chi connectivity index (χ0v) is 13.9. The number of halogens is 3. The summed E-state index contributed by atoms with van der Waals surface area (Å²) in [4.78, 5) is 11.8. The third-order valence-corrected chi connectivity index (χ3v) is 4.23. The maximum Gasteiger partial charge on any atom is 0.416 e. The van der Waals surface area contributed by atoms with Crippen molar-refractivity contribution in [2.75, 3.05) is 5.32 Å². The van der Waals surface area contributed by atoms with Crippen LogP contribution in [0.1, 0.15) is 24.0 Å². The van der Waals surface area contributed by atoms with Crippen molar-refractivity contribution in [3.63, 3.8) is 0 Å². The highest BCUT2D eigenvalue weighted by molar-refractivity contribution is 5.67. The molecule has 138 valence electrons. The molecule has 4 nitrogen and oxygen atoms in total. The van der Waals surface area contributed by atoms with Gasteiger partial charge in [0.15, 0.2) is 0 Å². The first-order valence-corrected chi connectivity index (χ1v) is 8.31. The van der Waals surface area contributed by atoms with Gasteiger partial charge in [-0.05, 0) is 36.6 Å². The largest absolute Gasteiger partial charge is 0.445 e. The molecule has 0 unspecified atom stereocenters. The van der Waals surface area contributed by atoms with E-state index in [-0.39, 0.29) is 18.7 Å². The van der Waals surface area contributed by atoms with Crippen LogP contribution in [0.2, 0.25) is 0 Å². The van der Waals surface area contributed by atoms with E-state index in [1.54, 1.807) is 6.07 Å². The lowest BCUT2D eigenvalue weighted by atomic mass is 9.86. The van der Waals surface area contributed by atoms with Crippen molar-refractivity contribution in [2.24, 2.45) is 0 Å². The van der Waals surface area contributed by atoms with Crippen molar-refractivity contribution in [2.45, 2.75) is 37.7 Å². The summed E-state index contributed by atoms with van der Waals surface area (Å²) in [5.74, 6) is 0. The summed E-state index contributed by atoms with van der Waals surface area (Å²) < 4.78 is 43.3. The summed E-state index contributed by atoms with van der Waals surface area (Å²) in [6, 6.07) is 14.4. The Morgan fingerprint density at radius 1 is 1.04 bits per heavy atom. The van der Waals surface area contributed by atoms with Crippen LogP contribution in [-0.2, 0) is 17.5 Å². The molecule has 0 saturated heterocycles. The first-order valence-electron chi connectivity index (χ1n) is 8.31. The Kier molecular flexibility index (Phi) is 5.35. The molecule has 0 spiro atoms. The van der Waals surface area contributed by atoms with Crippen molar-refractivity contribution < 1.29 is 22.7 Å². The van der Waals surface area contributed by atoms with Gasteiger partial charge in [-0.25, -0.2) is 4.79 Å². The number of alkyl carbamates (subject to hydrolysis) is 1. The standard InChI is InChI=1S/C19H19F3N2O2/c20-19(21,22)14-7-4-8-15(9-14)23-16-10-17(11-16)24-18(25)26-12-13-5-2-1-3-6-13/h1-9,16-17,23H,10-12H2,(H,24,25). The van der Waals surface area contributed by atoms with E-state index in [4.69, 9.17) is 4.74 Å². The molecular weight excluding hydrogens is 345 g/mol. The Morgan fingerprint density at radius 3 is 2.46 bits per heavy atom. The summed E-state index contributed by atoms with van der Waals surface area (Å²) in [7, 11) is 0. The van der Waals surface area contributed by atoms with E-state index in [0.717, 1.165) is 17.7 Å². The summed E-state index contributed by atoms with van der Waals surface area (Å²) >= 11 is 0. The number of alkyl halides is 3. The number of ether oxygens (including phenoxy) is 1. The summed E-state index contributed by atoms with van der Waals surface area (Å²) in [5, 5.41) is 5.82. The number of amides is 1. The van der Waals surface area contributed by atoms with E-state index in [1.165, 1.54) is 6.07 Å². The summed E-state index contributed by atoms with van der Waals surface area (Å²) in [5.41, 5.74) is 0.649. The van der Waals surface area contributed by atoms with Gasteiger partial charge in [-0.3, -0.25) is 0 Å². The van der Waals surface area contributed by atoms with E-state index in [2.05, 4.69) is 10.6 Å². The average molecular weight is 364 g/mol. The van der Waals surface area contributed by atoms with Crippen LogP contribution in [0.15, 0.2) is 54.6 Å². The molecule has 2 N–H and O–H groups in total. The van der Waals surface area contributed by atoms with E-state index >= 15 is 0 Å². The van der Waals surface area contributed by atoms with Crippen LogP contribution >= 0.6 is 0 Å². The van der Waals surface area contributed by atoms with Crippen LogP contribution in [0.3, 0.4) is 0 Å². The molecular formula is C19H19F3N2O2. The monoisotopic (exact) mass is 364 g/mol. The van der Waals surface area contributed by atoms with Gasteiger partial charge in [-0.15, -0.1) is 0 Å². The van der Waals surface area contributed by atoms with Crippen molar-refractivity contribution in [3.05, 3.63) is 65.7 Å². The van der Waals surface area contributed by atoms with Crippen molar-refractivity contribution >= 4 is 11.8 Å². The number of carbonyl (C=O) groups is 1. The molecule has 1 aliphatic rings. The van der Waals surface area contributed by atoms with E-state index in [9.17, 15) is 18.0 Å². The molecule has 0 atom stereocenters. The lowest BCUT2D eigenvalue weighted by Gasteiger charge is -2.36. The second-order valence-corrected chi connectivity index (χ2v) is 6.29. The van der Waals surface area contributed by atoms with Crippen molar-refractivity contribution in [3.8, 4) is 0 Å². The number of hydrogen-bond donors (Lipinski definition) is 2. The van der Waals surface area contributed by atoms with Crippen molar-refractivity contribution in [1.29, 1.82) is 0 Å². The number of rotatable bonds is 5. The lowest BCUT2D eigenvalue weighted by molar-refractivity contribution is -0.137. The lowest BCUT2D eigenvalue weighted by Crippen LogP contribution is -2.49. The molecule has 3 rings (SSSR count). The average Bonchev–Trinajstić information content (AvgIpc) is 2.58. The number of carbonyl (C=O) groups excluding carboxylic acids is 1. The van der Waals surface area contributed by atoms with Crippen LogP contribution in [0.4, 0.5) is 23.7 Å². The van der Waals surface area contributed by atoms with Crippen LogP contribution in [0, 0.1) is 0 Å². The van der Waals surface area contributed by atoms with Crippen LogP contribution in [-0.4, -0.2) is 18.2 Å². The Bertz CT molecular complexity index is 744. The number of benzene rings is 2. The fourth-order valence-corrected chi connectivity index (χ4v) is 2.81. The molecule has 1 fully saturated rings. The highest BCUT2D eigenvalue weighted by Gasteiger charge is 2.32. The highest BCUT2D eigenvalue weighted by atomic mass is 19.4. The van der Waals surface area contributed by atoms with Gasteiger partial charge in [0, 0.05) is 17.8 Å². The number of anilines is 1. The molecule has 0 aromatic heterocycles. The molecule has 0 heterocycles. The Balaban J connectivity index is 1.40.